The van der Waals surface area contributed by atoms with Crippen LogP contribution in [0.25, 0.3) is 0 Å². The summed E-state index contributed by atoms with van der Waals surface area (Å²) in [6, 6.07) is 13.0. The predicted molar refractivity (Wildman–Crippen MR) is 95.9 cm³/mol. The quantitative estimate of drug-likeness (QED) is 0.668. The molecule has 4 nitrogen and oxygen atoms in total. The zero-order valence-corrected chi connectivity index (χ0v) is 14.2. The normalized spacial score (nSPS) is 10.5. The largest absolute Gasteiger partial charge is 0.331 e. The van der Waals surface area contributed by atoms with Crippen LogP contribution in [-0.2, 0) is 0 Å². The first-order chi connectivity index (χ1) is 11.5. The number of benzene rings is 2. The van der Waals surface area contributed by atoms with Crippen LogP contribution in [0.4, 0.5) is 20.9 Å². The summed E-state index contributed by atoms with van der Waals surface area (Å²) in [7, 11) is 0. The Balaban J connectivity index is 1.77. The Bertz CT molecular complexity index is 897. The first-order valence-corrected chi connectivity index (χ1v) is 8.27. The van der Waals surface area contributed by atoms with Gasteiger partial charge in [-0.2, -0.15) is 0 Å². The van der Waals surface area contributed by atoms with Crippen molar-refractivity contribution in [1.29, 1.82) is 0 Å². The Morgan fingerprint density at radius 3 is 2.67 bits per heavy atom. The van der Waals surface area contributed by atoms with Gasteiger partial charge in [-0.25, -0.2) is 9.37 Å². The number of thiazole rings is 1. The van der Waals surface area contributed by atoms with E-state index in [1.165, 1.54) is 23.5 Å². The van der Waals surface area contributed by atoms with E-state index in [0.29, 0.717) is 32.1 Å². The second kappa shape index (κ2) is 6.98. The van der Waals surface area contributed by atoms with Crippen molar-refractivity contribution in [2.24, 2.45) is 0 Å². The summed E-state index contributed by atoms with van der Waals surface area (Å²) in [5.41, 5.74) is 1.78. The van der Waals surface area contributed by atoms with Gasteiger partial charge >= 0.3 is 0 Å². The fourth-order valence-electron chi connectivity index (χ4n) is 2.10. The summed E-state index contributed by atoms with van der Waals surface area (Å²) in [6.45, 7) is 1.75. The van der Waals surface area contributed by atoms with E-state index in [-0.39, 0.29) is 11.7 Å². The molecule has 0 aliphatic heterocycles. The molecule has 122 valence electrons. The van der Waals surface area contributed by atoms with Gasteiger partial charge in [0.2, 0.25) is 0 Å². The van der Waals surface area contributed by atoms with Gasteiger partial charge in [0.1, 0.15) is 10.7 Å². The average molecular weight is 362 g/mol. The van der Waals surface area contributed by atoms with Crippen molar-refractivity contribution in [3.8, 4) is 0 Å². The van der Waals surface area contributed by atoms with Crippen LogP contribution in [0.1, 0.15) is 15.4 Å². The minimum atomic E-state index is -0.341. The number of nitrogens with zero attached hydrogens (tertiary/aromatic N) is 1. The Kier molecular flexibility index (Phi) is 4.78. The number of amides is 1. The van der Waals surface area contributed by atoms with Crippen LogP contribution >= 0.6 is 22.9 Å². The Labute approximate surface area is 147 Å². The predicted octanol–water partition coefficient (Wildman–Crippen LogP) is 5.24. The molecule has 24 heavy (non-hydrogen) atoms. The molecule has 0 saturated heterocycles. The Morgan fingerprint density at radius 2 is 1.92 bits per heavy atom. The lowest BCUT2D eigenvalue weighted by Crippen LogP contribution is -2.11. The lowest BCUT2D eigenvalue weighted by Gasteiger charge is -2.04. The van der Waals surface area contributed by atoms with Crippen molar-refractivity contribution in [2.45, 2.75) is 6.92 Å². The highest BCUT2D eigenvalue weighted by Crippen LogP contribution is 2.27. The molecule has 3 aromatic rings. The van der Waals surface area contributed by atoms with E-state index in [1.54, 1.807) is 43.3 Å². The van der Waals surface area contributed by atoms with Crippen LogP contribution < -0.4 is 10.6 Å². The lowest BCUT2D eigenvalue weighted by atomic mass is 10.3. The highest BCUT2D eigenvalue weighted by molar-refractivity contribution is 7.17. The molecule has 0 atom stereocenters. The lowest BCUT2D eigenvalue weighted by molar-refractivity contribution is 0.103. The number of carbonyl (C=O) groups excluding carboxylic acids is 1. The van der Waals surface area contributed by atoms with Crippen molar-refractivity contribution in [1.82, 2.24) is 4.98 Å². The number of nitrogens with one attached hydrogen (secondary N) is 2. The van der Waals surface area contributed by atoms with Crippen LogP contribution in [0.2, 0.25) is 5.02 Å². The molecule has 0 aliphatic carbocycles. The molecular formula is C17H13ClFN3OS. The van der Waals surface area contributed by atoms with Crippen molar-refractivity contribution in [3.05, 3.63) is 69.9 Å². The molecule has 1 heterocycles. The number of hydrogen-bond acceptors (Lipinski definition) is 4. The van der Waals surface area contributed by atoms with E-state index in [4.69, 9.17) is 11.6 Å². The van der Waals surface area contributed by atoms with Gasteiger partial charge in [-0.05, 0) is 43.3 Å². The van der Waals surface area contributed by atoms with Crippen LogP contribution in [0.15, 0.2) is 48.5 Å². The van der Waals surface area contributed by atoms with Gasteiger partial charge in [0, 0.05) is 16.4 Å². The molecule has 0 spiro atoms. The molecular weight excluding hydrogens is 349 g/mol. The average Bonchev–Trinajstić information content (AvgIpc) is 2.88. The maximum atomic E-state index is 13.2. The van der Waals surface area contributed by atoms with Gasteiger partial charge in [-0.3, -0.25) is 4.79 Å². The van der Waals surface area contributed by atoms with Crippen LogP contribution in [-0.4, -0.2) is 10.9 Å². The first-order valence-electron chi connectivity index (χ1n) is 7.08. The molecule has 1 amide bonds. The monoisotopic (exact) mass is 361 g/mol. The van der Waals surface area contributed by atoms with Crippen LogP contribution in [0.3, 0.4) is 0 Å². The number of aromatic nitrogens is 1. The van der Waals surface area contributed by atoms with Gasteiger partial charge in [-0.1, -0.05) is 35.1 Å². The number of halogens is 2. The van der Waals surface area contributed by atoms with E-state index in [0.717, 1.165) is 0 Å². The summed E-state index contributed by atoms with van der Waals surface area (Å²) < 4.78 is 13.2. The SMILES string of the molecule is Cc1nc(Nc2cccc(F)c2)sc1C(=O)Nc1cccc(Cl)c1. The zero-order valence-electron chi connectivity index (χ0n) is 12.6. The van der Waals surface area contributed by atoms with Crippen molar-refractivity contribution >= 4 is 45.4 Å². The fraction of sp³-hybridized carbons (Fsp3) is 0.0588. The summed E-state index contributed by atoms with van der Waals surface area (Å²) in [4.78, 5) is 17.2. The molecule has 0 unspecified atom stereocenters. The summed E-state index contributed by atoms with van der Waals surface area (Å²) in [5.74, 6) is -0.605. The molecule has 0 aliphatic rings. The smallest absolute Gasteiger partial charge is 0.267 e. The highest BCUT2D eigenvalue weighted by atomic mass is 35.5. The Morgan fingerprint density at radius 1 is 1.17 bits per heavy atom. The van der Waals surface area contributed by atoms with Crippen molar-refractivity contribution in [3.63, 3.8) is 0 Å². The van der Waals surface area contributed by atoms with Gasteiger partial charge < -0.3 is 10.6 Å². The number of aryl methyl sites for hydroxylation is 1. The molecule has 3 rings (SSSR count). The van der Waals surface area contributed by atoms with Crippen molar-refractivity contribution in [2.75, 3.05) is 10.6 Å². The van der Waals surface area contributed by atoms with E-state index < -0.39 is 0 Å². The number of carbonyl (C=O) groups is 1. The highest BCUT2D eigenvalue weighted by Gasteiger charge is 2.16. The maximum absolute atomic E-state index is 13.2. The van der Waals surface area contributed by atoms with E-state index in [1.807, 2.05) is 0 Å². The van der Waals surface area contributed by atoms with Crippen LogP contribution in [0, 0.1) is 12.7 Å². The second-order valence-corrected chi connectivity index (χ2v) is 6.47. The third-order valence-electron chi connectivity index (χ3n) is 3.16. The number of rotatable bonds is 4. The van der Waals surface area contributed by atoms with Gasteiger partial charge in [-0.15, -0.1) is 0 Å². The molecule has 0 fully saturated rings. The molecule has 7 heteroatoms. The molecule has 2 N–H and O–H groups in total. The third kappa shape index (κ3) is 3.90. The summed E-state index contributed by atoms with van der Waals surface area (Å²) in [6.07, 6.45) is 0. The summed E-state index contributed by atoms with van der Waals surface area (Å²) >= 11 is 7.11. The van der Waals surface area contributed by atoms with Crippen LogP contribution in [0.5, 0.6) is 0 Å². The molecule has 0 saturated carbocycles. The third-order valence-corrected chi connectivity index (χ3v) is 4.47. The van der Waals surface area contributed by atoms with E-state index in [9.17, 15) is 9.18 Å². The maximum Gasteiger partial charge on any atom is 0.267 e. The molecule has 2 aromatic carbocycles. The van der Waals surface area contributed by atoms with Gasteiger partial charge in [0.15, 0.2) is 5.13 Å². The van der Waals surface area contributed by atoms with Gasteiger partial charge in [0.05, 0.1) is 5.69 Å². The fourth-order valence-corrected chi connectivity index (χ4v) is 3.18. The number of anilines is 3. The second-order valence-electron chi connectivity index (χ2n) is 5.03. The molecule has 1 aromatic heterocycles. The minimum Gasteiger partial charge on any atom is -0.331 e. The topological polar surface area (TPSA) is 54.0 Å². The zero-order chi connectivity index (χ0) is 17.1. The van der Waals surface area contributed by atoms with E-state index >= 15 is 0 Å². The minimum absolute atomic E-state index is 0.264. The summed E-state index contributed by atoms with van der Waals surface area (Å²) in [5, 5.41) is 6.85. The molecule has 0 bridgehead atoms. The van der Waals surface area contributed by atoms with Gasteiger partial charge in [0.25, 0.3) is 5.91 Å². The first kappa shape index (κ1) is 16.4. The Hall–Kier alpha value is -2.44. The van der Waals surface area contributed by atoms with E-state index in [2.05, 4.69) is 15.6 Å². The van der Waals surface area contributed by atoms with Crippen molar-refractivity contribution < 1.29 is 9.18 Å². The molecule has 0 radical (unpaired) electrons. The standard InChI is InChI=1S/C17H13ClFN3OS/c1-10-15(16(23)21-13-6-2-4-11(18)8-13)24-17(20-10)22-14-7-3-5-12(19)9-14/h2-9H,1H3,(H,20,22)(H,21,23). The number of hydrogen-bond donors (Lipinski definition) is 2.